The third kappa shape index (κ3) is 3.94. The topological polar surface area (TPSA) is 73.2 Å². The first kappa shape index (κ1) is 15.8. The molecule has 1 heterocycles. The van der Waals surface area contributed by atoms with Gasteiger partial charge in [0, 0.05) is 31.6 Å². The molecule has 1 aromatic heterocycles. The second-order valence-electron chi connectivity index (χ2n) is 4.79. The van der Waals surface area contributed by atoms with Crippen molar-refractivity contribution in [1.82, 2.24) is 15.1 Å². The Bertz CT molecular complexity index is 710. The summed E-state index contributed by atoms with van der Waals surface area (Å²) in [6, 6.07) is 10.7. The number of aryl methyl sites for hydroxylation is 1. The molecule has 116 valence electrons. The molecule has 6 heteroatoms. The fraction of sp³-hybridized carbons (Fsp3) is 0.312. The minimum atomic E-state index is -0.177. The highest BCUT2D eigenvalue weighted by Crippen LogP contribution is 2.21. The highest BCUT2D eigenvalue weighted by Gasteiger charge is 2.05. The van der Waals surface area contributed by atoms with Crippen molar-refractivity contribution in [3.05, 3.63) is 46.8 Å². The van der Waals surface area contributed by atoms with Crippen molar-refractivity contribution in [2.75, 3.05) is 14.2 Å². The van der Waals surface area contributed by atoms with Gasteiger partial charge < -0.3 is 10.1 Å². The minimum Gasteiger partial charge on any atom is -0.497 e. The van der Waals surface area contributed by atoms with Crippen LogP contribution >= 0.6 is 0 Å². The lowest BCUT2D eigenvalue weighted by molar-refractivity contribution is -0.120. The smallest absolute Gasteiger partial charge is 0.266 e. The molecular formula is C16H19N3O3. The lowest BCUT2D eigenvalue weighted by Crippen LogP contribution is -2.24. The summed E-state index contributed by atoms with van der Waals surface area (Å²) in [5.74, 6) is 0.689. The molecule has 0 spiro atoms. The molecule has 0 bridgehead atoms. The normalized spacial score (nSPS) is 10.3. The number of nitrogens with one attached hydrogen (secondary N) is 1. The molecule has 0 aliphatic heterocycles. The summed E-state index contributed by atoms with van der Waals surface area (Å²) >= 11 is 0. The Labute approximate surface area is 128 Å². The van der Waals surface area contributed by atoms with Crippen molar-refractivity contribution in [3.8, 4) is 17.0 Å². The number of methoxy groups -OCH3 is 1. The van der Waals surface area contributed by atoms with Gasteiger partial charge in [0.25, 0.3) is 5.56 Å². The van der Waals surface area contributed by atoms with Crippen molar-refractivity contribution in [2.24, 2.45) is 0 Å². The Hall–Kier alpha value is -2.63. The summed E-state index contributed by atoms with van der Waals surface area (Å²) in [4.78, 5) is 23.1. The molecule has 0 fully saturated rings. The third-order valence-electron chi connectivity index (χ3n) is 3.28. The van der Waals surface area contributed by atoms with Gasteiger partial charge in [0.05, 0.1) is 12.8 Å². The SMILES string of the molecule is CNC(=O)CCCn1nc(-c2cccc(OC)c2)ccc1=O. The summed E-state index contributed by atoms with van der Waals surface area (Å²) in [7, 11) is 3.20. The first-order chi connectivity index (χ1) is 10.6. The molecule has 0 aliphatic carbocycles. The Morgan fingerprint density at radius 3 is 2.86 bits per heavy atom. The van der Waals surface area contributed by atoms with Gasteiger partial charge in [0.2, 0.25) is 5.91 Å². The Kier molecular flexibility index (Phi) is 5.30. The van der Waals surface area contributed by atoms with E-state index in [9.17, 15) is 9.59 Å². The molecule has 22 heavy (non-hydrogen) atoms. The van der Waals surface area contributed by atoms with E-state index in [1.165, 1.54) is 10.7 Å². The Morgan fingerprint density at radius 1 is 1.32 bits per heavy atom. The molecule has 2 aromatic rings. The molecule has 0 unspecified atom stereocenters. The number of aromatic nitrogens is 2. The molecule has 0 saturated carbocycles. The average Bonchev–Trinajstić information content (AvgIpc) is 2.56. The fourth-order valence-electron chi connectivity index (χ4n) is 2.06. The number of nitrogens with zero attached hydrogens (tertiary/aromatic N) is 2. The highest BCUT2D eigenvalue weighted by molar-refractivity contribution is 5.75. The monoisotopic (exact) mass is 301 g/mol. The van der Waals surface area contributed by atoms with Crippen LogP contribution in [0.15, 0.2) is 41.2 Å². The summed E-state index contributed by atoms with van der Waals surface area (Å²) in [6.45, 7) is 0.407. The fourth-order valence-corrected chi connectivity index (χ4v) is 2.06. The molecule has 2 rings (SSSR count). The van der Waals surface area contributed by atoms with Crippen LogP contribution in [-0.4, -0.2) is 29.8 Å². The van der Waals surface area contributed by atoms with Gasteiger partial charge >= 0.3 is 0 Å². The predicted octanol–water partition coefficient (Wildman–Crippen LogP) is 1.45. The molecule has 6 nitrogen and oxygen atoms in total. The maximum Gasteiger partial charge on any atom is 0.266 e. The minimum absolute atomic E-state index is 0.0444. The van der Waals surface area contributed by atoms with E-state index in [4.69, 9.17) is 4.74 Å². The lowest BCUT2D eigenvalue weighted by atomic mass is 10.1. The standard InChI is InChI=1S/C16H19N3O3/c1-17-15(20)7-4-10-19-16(21)9-8-14(18-19)12-5-3-6-13(11-12)22-2/h3,5-6,8-9,11H,4,7,10H2,1-2H3,(H,17,20). The average molecular weight is 301 g/mol. The maximum absolute atomic E-state index is 11.8. The first-order valence-electron chi connectivity index (χ1n) is 7.07. The zero-order valence-corrected chi connectivity index (χ0v) is 12.7. The van der Waals surface area contributed by atoms with Crippen LogP contribution in [0.25, 0.3) is 11.3 Å². The van der Waals surface area contributed by atoms with Crippen molar-refractivity contribution < 1.29 is 9.53 Å². The van der Waals surface area contributed by atoms with Crippen molar-refractivity contribution >= 4 is 5.91 Å². The number of carbonyl (C=O) groups is 1. The van der Waals surface area contributed by atoms with Crippen molar-refractivity contribution in [3.63, 3.8) is 0 Å². The van der Waals surface area contributed by atoms with Crippen LogP contribution in [0.1, 0.15) is 12.8 Å². The molecule has 0 radical (unpaired) electrons. The summed E-state index contributed by atoms with van der Waals surface area (Å²) in [5.41, 5.74) is 1.39. The highest BCUT2D eigenvalue weighted by atomic mass is 16.5. The van der Waals surface area contributed by atoms with Crippen molar-refractivity contribution in [1.29, 1.82) is 0 Å². The van der Waals surface area contributed by atoms with Crippen LogP contribution in [-0.2, 0) is 11.3 Å². The van der Waals surface area contributed by atoms with Crippen LogP contribution in [0.3, 0.4) is 0 Å². The van der Waals surface area contributed by atoms with E-state index >= 15 is 0 Å². The number of rotatable bonds is 6. The van der Waals surface area contributed by atoms with Crippen LogP contribution in [0.2, 0.25) is 0 Å². The number of amides is 1. The molecule has 0 aliphatic rings. The van der Waals surface area contributed by atoms with Crippen molar-refractivity contribution in [2.45, 2.75) is 19.4 Å². The van der Waals surface area contributed by atoms with Gasteiger partial charge in [-0.3, -0.25) is 9.59 Å². The Morgan fingerprint density at radius 2 is 2.14 bits per heavy atom. The molecular weight excluding hydrogens is 282 g/mol. The number of ether oxygens (including phenoxy) is 1. The summed E-state index contributed by atoms with van der Waals surface area (Å²) in [5, 5.41) is 6.91. The Balaban J connectivity index is 2.18. The predicted molar refractivity (Wildman–Crippen MR) is 83.8 cm³/mol. The number of hydrogen-bond acceptors (Lipinski definition) is 4. The second kappa shape index (κ2) is 7.40. The second-order valence-corrected chi connectivity index (χ2v) is 4.79. The summed E-state index contributed by atoms with van der Waals surface area (Å²) < 4.78 is 6.58. The zero-order chi connectivity index (χ0) is 15.9. The number of hydrogen-bond donors (Lipinski definition) is 1. The van der Waals surface area contributed by atoms with Crippen LogP contribution in [0.5, 0.6) is 5.75 Å². The molecule has 0 atom stereocenters. The number of benzene rings is 1. The van der Waals surface area contributed by atoms with E-state index < -0.39 is 0 Å². The van der Waals surface area contributed by atoms with Gasteiger partial charge in [0.15, 0.2) is 0 Å². The quantitative estimate of drug-likeness (QED) is 0.876. The van der Waals surface area contributed by atoms with Crippen LogP contribution in [0.4, 0.5) is 0 Å². The van der Waals surface area contributed by atoms with E-state index in [0.717, 1.165) is 11.3 Å². The van der Waals surface area contributed by atoms with E-state index in [-0.39, 0.29) is 11.5 Å². The van der Waals surface area contributed by atoms with Gasteiger partial charge in [-0.25, -0.2) is 4.68 Å². The van der Waals surface area contributed by atoms with Gasteiger partial charge in [-0.2, -0.15) is 5.10 Å². The van der Waals surface area contributed by atoms with E-state index in [0.29, 0.717) is 25.1 Å². The van der Waals surface area contributed by atoms with Gasteiger partial charge in [-0.15, -0.1) is 0 Å². The van der Waals surface area contributed by atoms with E-state index in [1.54, 1.807) is 20.2 Å². The van der Waals surface area contributed by atoms with E-state index in [2.05, 4.69) is 10.4 Å². The van der Waals surface area contributed by atoms with Gasteiger partial charge in [0.1, 0.15) is 5.75 Å². The number of carbonyl (C=O) groups excluding carboxylic acids is 1. The lowest BCUT2D eigenvalue weighted by Gasteiger charge is -2.08. The van der Waals surface area contributed by atoms with Gasteiger partial charge in [-0.1, -0.05) is 12.1 Å². The van der Waals surface area contributed by atoms with E-state index in [1.807, 2.05) is 24.3 Å². The molecule has 0 saturated heterocycles. The molecule has 1 N–H and O–H groups in total. The maximum atomic E-state index is 11.8. The first-order valence-corrected chi connectivity index (χ1v) is 7.07. The largest absolute Gasteiger partial charge is 0.497 e. The summed E-state index contributed by atoms with van der Waals surface area (Å²) in [6.07, 6.45) is 0.933. The van der Waals surface area contributed by atoms with Crippen LogP contribution < -0.4 is 15.6 Å². The van der Waals surface area contributed by atoms with Gasteiger partial charge in [-0.05, 0) is 24.6 Å². The molecule has 1 aromatic carbocycles. The zero-order valence-electron chi connectivity index (χ0n) is 12.7. The molecule has 1 amide bonds. The third-order valence-corrected chi connectivity index (χ3v) is 3.28. The van der Waals surface area contributed by atoms with Crippen LogP contribution in [0, 0.1) is 0 Å².